The number of aliphatic hydroxyl groups is 4. The minimum Gasteiger partial charge on any atom is -0.453 e. The van der Waals surface area contributed by atoms with Crippen molar-refractivity contribution in [2.24, 2.45) is 0 Å². The van der Waals surface area contributed by atoms with Crippen molar-refractivity contribution in [1.82, 2.24) is 0 Å². The number of halogens is 1. The van der Waals surface area contributed by atoms with E-state index in [1.165, 1.54) is 0 Å². The van der Waals surface area contributed by atoms with Gasteiger partial charge in [0.25, 0.3) is 0 Å². The lowest BCUT2D eigenvalue weighted by Crippen LogP contribution is -2.55. The molecule has 0 bridgehead atoms. The fraction of sp³-hybridized carbons (Fsp3) is 0.429. The lowest BCUT2D eigenvalue weighted by atomic mass is 9.89. The second-order valence-electron chi connectivity index (χ2n) is 7.28. The van der Waals surface area contributed by atoms with E-state index >= 15 is 0 Å². The Labute approximate surface area is 183 Å². The Morgan fingerprint density at radius 2 is 1.73 bits per heavy atom. The number of hydrogen-bond acceptors (Lipinski definition) is 8. The summed E-state index contributed by atoms with van der Waals surface area (Å²) < 4.78 is 16.9. The third kappa shape index (κ3) is 3.89. The summed E-state index contributed by atoms with van der Waals surface area (Å²) >= 11 is 8.23. The summed E-state index contributed by atoms with van der Waals surface area (Å²) in [6.45, 7) is -0.547. The maximum atomic E-state index is 10.6. The number of thioether (sulfide) groups is 1. The van der Waals surface area contributed by atoms with Crippen LogP contribution in [0.4, 0.5) is 0 Å². The van der Waals surface area contributed by atoms with Crippen LogP contribution in [0.25, 0.3) is 0 Å². The van der Waals surface area contributed by atoms with Crippen LogP contribution >= 0.6 is 23.4 Å². The van der Waals surface area contributed by atoms with Crippen LogP contribution in [0.1, 0.15) is 22.8 Å². The lowest BCUT2D eigenvalue weighted by Gasteiger charge is -2.40. The van der Waals surface area contributed by atoms with Crippen LogP contribution in [0, 0.1) is 0 Å². The molecule has 7 nitrogen and oxygen atoms in total. The Bertz CT molecular complexity index is 905. The summed E-state index contributed by atoms with van der Waals surface area (Å²) in [6, 6.07) is 9.84. The number of fused-ring (bicyclic) bond motifs is 1. The number of ether oxygens (including phenoxy) is 3. The number of hydrogen-bond donors (Lipinski definition) is 4. The molecule has 0 radical (unpaired) electrons. The molecule has 0 saturated carbocycles. The highest BCUT2D eigenvalue weighted by Crippen LogP contribution is 2.49. The summed E-state index contributed by atoms with van der Waals surface area (Å²) in [7, 11) is 0. The van der Waals surface area contributed by atoms with E-state index < -0.39 is 37.1 Å². The second kappa shape index (κ2) is 8.92. The molecule has 4 rings (SSSR count). The van der Waals surface area contributed by atoms with Gasteiger partial charge in [-0.05, 0) is 42.0 Å². The van der Waals surface area contributed by atoms with Gasteiger partial charge in [-0.25, -0.2) is 0 Å². The quantitative estimate of drug-likeness (QED) is 0.507. The molecule has 162 valence electrons. The fourth-order valence-electron chi connectivity index (χ4n) is 3.78. The van der Waals surface area contributed by atoms with Crippen molar-refractivity contribution in [3.8, 4) is 11.5 Å². The second-order valence-corrected chi connectivity index (χ2v) is 8.54. The zero-order chi connectivity index (χ0) is 21.4. The third-order valence-corrected chi connectivity index (χ3v) is 6.60. The molecule has 30 heavy (non-hydrogen) atoms. The molecule has 2 aromatic carbocycles. The molecule has 0 amide bonds. The van der Waals surface area contributed by atoms with Crippen LogP contribution in [0.15, 0.2) is 35.2 Å². The zero-order valence-electron chi connectivity index (χ0n) is 16.2. The van der Waals surface area contributed by atoms with Crippen molar-refractivity contribution in [1.29, 1.82) is 0 Å². The van der Waals surface area contributed by atoms with Crippen molar-refractivity contribution in [2.75, 3.05) is 19.7 Å². The molecule has 0 aliphatic carbocycles. The molecule has 0 spiro atoms. The van der Waals surface area contributed by atoms with E-state index in [0.29, 0.717) is 28.5 Å². The third-order valence-electron chi connectivity index (χ3n) is 5.44. The maximum Gasteiger partial charge on any atom is 0.231 e. The smallest absolute Gasteiger partial charge is 0.231 e. The Balaban J connectivity index is 1.73. The molecule has 0 aromatic heterocycles. The van der Waals surface area contributed by atoms with Crippen molar-refractivity contribution in [2.45, 2.75) is 41.8 Å². The van der Waals surface area contributed by atoms with Gasteiger partial charge < -0.3 is 34.6 Å². The van der Waals surface area contributed by atoms with Gasteiger partial charge in [0.15, 0.2) is 11.5 Å². The molecule has 2 aliphatic heterocycles. The van der Waals surface area contributed by atoms with Crippen molar-refractivity contribution < 1.29 is 34.6 Å². The molecule has 0 unspecified atom stereocenters. The van der Waals surface area contributed by atoms with E-state index in [0.717, 1.165) is 16.0 Å². The Morgan fingerprint density at radius 1 is 1.03 bits per heavy atom. The van der Waals surface area contributed by atoms with Gasteiger partial charge in [-0.2, -0.15) is 0 Å². The van der Waals surface area contributed by atoms with E-state index in [9.17, 15) is 20.4 Å². The summed E-state index contributed by atoms with van der Waals surface area (Å²) in [5, 5.41) is 40.7. The Morgan fingerprint density at radius 3 is 2.40 bits per heavy atom. The van der Waals surface area contributed by atoms with Gasteiger partial charge in [0.2, 0.25) is 6.79 Å². The van der Waals surface area contributed by atoms with E-state index in [2.05, 4.69) is 0 Å². The first-order valence-electron chi connectivity index (χ1n) is 9.49. The molecule has 1 fully saturated rings. The standard InChI is InChI=1S/C21H23ClO7S/c1-30-12-4-2-10(3-5-12)6-11-7-13(20-21(15(11)22)28-9-27-20)19-18(26)17(25)16(24)14(8-23)29-19/h2-5,7,14,16-19,23-26H,6,8-9H2,1H3/t14-,16-,17+,18-,19+/m1/s1. The molecule has 2 heterocycles. The number of aliphatic hydroxyl groups excluding tert-OH is 4. The monoisotopic (exact) mass is 454 g/mol. The summed E-state index contributed by atoms with van der Waals surface area (Å²) in [6.07, 6.45) is -3.89. The van der Waals surface area contributed by atoms with Gasteiger partial charge in [0.1, 0.15) is 30.5 Å². The van der Waals surface area contributed by atoms with E-state index in [1.807, 2.05) is 30.5 Å². The van der Waals surface area contributed by atoms with E-state index in [4.69, 9.17) is 25.8 Å². The minimum atomic E-state index is -1.49. The molecule has 2 aromatic rings. The molecule has 9 heteroatoms. The average molecular weight is 455 g/mol. The Kier molecular flexibility index (Phi) is 6.45. The first-order valence-corrected chi connectivity index (χ1v) is 11.1. The molecule has 1 saturated heterocycles. The highest BCUT2D eigenvalue weighted by molar-refractivity contribution is 7.98. The molecule has 4 N–H and O–H groups in total. The first kappa shape index (κ1) is 21.7. The van der Waals surface area contributed by atoms with Gasteiger partial charge in [0.05, 0.1) is 11.6 Å². The Hall–Kier alpha value is -1.52. The van der Waals surface area contributed by atoms with Crippen LogP contribution in [0.2, 0.25) is 5.02 Å². The minimum absolute atomic E-state index is 0.0364. The molecule has 5 atom stereocenters. The number of rotatable bonds is 5. The molecular formula is C21H23ClO7S. The predicted octanol–water partition coefficient (Wildman–Crippen LogP) is 1.90. The maximum absolute atomic E-state index is 10.6. The van der Waals surface area contributed by atoms with Crippen molar-refractivity contribution in [3.63, 3.8) is 0 Å². The average Bonchev–Trinajstić information content (AvgIpc) is 3.26. The number of benzene rings is 2. The lowest BCUT2D eigenvalue weighted by molar-refractivity contribution is -0.232. The van der Waals surface area contributed by atoms with Crippen LogP contribution in [0.3, 0.4) is 0 Å². The van der Waals surface area contributed by atoms with Crippen molar-refractivity contribution in [3.05, 3.63) is 52.0 Å². The summed E-state index contributed by atoms with van der Waals surface area (Å²) in [4.78, 5) is 1.15. The van der Waals surface area contributed by atoms with Crippen LogP contribution in [-0.2, 0) is 11.2 Å². The fourth-order valence-corrected chi connectivity index (χ4v) is 4.45. The molecule has 2 aliphatic rings. The summed E-state index contributed by atoms with van der Waals surface area (Å²) in [5.74, 6) is 0.674. The van der Waals surface area contributed by atoms with Gasteiger partial charge in [-0.3, -0.25) is 0 Å². The van der Waals surface area contributed by atoms with Crippen LogP contribution in [0.5, 0.6) is 11.5 Å². The van der Waals surface area contributed by atoms with Crippen LogP contribution < -0.4 is 9.47 Å². The summed E-state index contributed by atoms with van der Waals surface area (Å²) in [5.41, 5.74) is 2.22. The first-order chi connectivity index (χ1) is 14.4. The van der Waals surface area contributed by atoms with Gasteiger partial charge in [0, 0.05) is 10.5 Å². The largest absolute Gasteiger partial charge is 0.453 e. The highest BCUT2D eigenvalue weighted by atomic mass is 35.5. The van der Waals surface area contributed by atoms with E-state index in [1.54, 1.807) is 17.8 Å². The van der Waals surface area contributed by atoms with Crippen molar-refractivity contribution >= 4 is 23.4 Å². The van der Waals surface area contributed by atoms with Gasteiger partial charge >= 0.3 is 0 Å². The van der Waals surface area contributed by atoms with E-state index in [-0.39, 0.29) is 6.79 Å². The van der Waals surface area contributed by atoms with Gasteiger partial charge in [-0.1, -0.05) is 23.7 Å². The molecular weight excluding hydrogens is 432 g/mol. The topological polar surface area (TPSA) is 109 Å². The van der Waals surface area contributed by atoms with Gasteiger partial charge in [-0.15, -0.1) is 11.8 Å². The van der Waals surface area contributed by atoms with Crippen LogP contribution in [-0.4, -0.2) is 64.5 Å². The zero-order valence-corrected chi connectivity index (χ0v) is 17.8. The highest BCUT2D eigenvalue weighted by Gasteiger charge is 2.46. The predicted molar refractivity (Wildman–Crippen MR) is 111 cm³/mol. The SMILES string of the molecule is CSc1ccc(Cc2cc([C@@H]3O[C@H](CO)[C@@H](O)[C@H](O)[C@H]3O)c3c(c2Cl)OCO3)cc1. The normalized spacial score (nSPS) is 28.0.